The molecule has 0 fully saturated rings. The minimum atomic E-state index is -0.891. The van der Waals surface area contributed by atoms with E-state index in [1.165, 1.54) is 19.4 Å². The summed E-state index contributed by atoms with van der Waals surface area (Å²) in [5, 5.41) is 23.3. The number of ether oxygens (including phenoxy) is 1. The van der Waals surface area contributed by atoms with Crippen molar-refractivity contribution in [2.24, 2.45) is 0 Å². The molecule has 8 heteroatoms. The van der Waals surface area contributed by atoms with E-state index in [1.807, 2.05) is 26.8 Å². The lowest BCUT2D eigenvalue weighted by atomic mass is 9.99. The number of aliphatic hydroxyl groups is 1. The lowest BCUT2D eigenvalue weighted by Gasteiger charge is -2.11. The Balaban J connectivity index is 2.80. The predicted molar refractivity (Wildman–Crippen MR) is 154 cm³/mol. The summed E-state index contributed by atoms with van der Waals surface area (Å²) in [6.07, 6.45) is 15.8. The molecule has 0 spiro atoms. The molecule has 214 valence electrons. The molecule has 0 unspecified atom stereocenters. The second kappa shape index (κ2) is 17.8. The normalized spacial score (nSPS) is 14.6. The van der Waals surface area contributed by atoms with Crippen LogP contribution in [0.3, 0.4) is 0 Å². The van der Waals surface area contributed by atoms with Gasteiger partial charge in [-0.3, -0.25) is 10.1 Å². The lowest BCUT2D eigenvalue weighted by Crippen LogP contribution is -2.17. The molecule has 0 aliphatic rings. The Morgan fingerprint density at radius 2 is 1.85 bits per heavy atom. The maximum absolute atomic E-state index is 12.9. The summed E-state index contributed by atoms with van der Waals surface area (Å²) in [5.74, 6) is -0.974. The van der Waals surface area contributed by atoms with Crippen molar-refractivity contribution in [1.82, 2.24) is 5.32 Å². The Morgan fingerprint density at radius 3 is 2.49 bits per heavy atom. The van der Waals surface area contributed by atoms with Crippen molar-refractivity contribution in [3.8, 4) is 5.75 Å². The summed E-state index contributed by atoms with van der Waals surface area (Å²) in [6.45, 7) is 9.30. The molecule has 39 heavy (non-hydrogen) atoms. The average Bonchev–Trinajstić information content (AvgIpc) is 2.91. The standard InChI is InChI=1S/C31H43NO7/c1-7-8-9-10-13-22(3)25(33)18-16-21(2)15-17-24(5)29(35)28-26(34)20-27(39-30(28)36)23(4)14-11-12-19-32-31(37)38-6/h8-9,12-13,15,17,19-20,23,25,33-34H,7,10-11,14,16,18H2,1-6H3,(H,32,37)/b9-8+,19-12+,21-15+,22-13-,24-17+/t23-,25+/m1/s1. The van der Waals surface area contributed by atoms with E-state index in [4.69, 9.17) is 4.42 Å². The van der Waals surface area contributed by atoms with Gasteiger partial charge in [0.2, 0.25) is 0 Å². The fraction of sp³-hybridized carbons (Fsp3) is 0.452. The fourth-order valence-electron chi connectivity index (χ4n) is 3.58. The third-order valence-corrected chi connectivity index (χ3v) is 6.23. The first-order valence-corrected chi connectivity index (χ1v) is 13.3. The van der Waals surface area contributed by atoms with Gasteiger partial charge in [0.25, 0.3) is 0 Å². The van der Waals surface area contributed by atoms with E-state index >= 15 is 0 Å². The molecule has 1 rings (SSSR count). The lowest BCUT2D eigenvalue weighted by molar-refractivity contribution is 0.102. The highest BCUT2D eigenvalue weighted by Crippen LogP contribution is 2.26. The maximum Gasteiger partial charge on any atom is 0.410 e. The largest absolute Gasteiger partial charge is 0.507 e. The summed E-state index contributed by atoms with van der Waals surface area (Å²) in [5.41, 5.74) is 0.882. The van der Waals surface area contributed by atoms with Crippen molar-refractivity contribution >= 4 is 11.9 Å². The molecular weight excluding hydrogens is 498 g/mol. The first-order chi connectivity index (χ1) is 18.5. The SMILES string of the molecule is CC/C=C/C/C=C(/C)[C@@H](O)CC/C(C)=C/C=C(\C)C(=O)c1c(O)cc([C@H](C)CC/C=C/NC(=O)OC)oc1=O. The monoisotopic (exact) mass is 541 g/mol. The zero-order valence-electron chi connectivity index (χ0n) is 24.0. The molecule has 8 nitrogen and oxygen atoms in total. The van der Waals surface area contributed by atoms with Crippen LogP contribution in [0.1, 0.15) is 95.2 Å². The molecule has 1 aromatic rings. The highest BCUT2D eigenvalue weighted by Gasteiger charge is 2.22. The van der Waals surface area contributed by atoms with Crippen molar-refractivity contribution in [2.45, 2.75) is 85.2 Å². The van der Waals surface area contributed by atoms with Gasteiger partial charge in [0.15, 0.2) is 5.78 Å². The number of amides is 1. The molecule has 0 aliphatic carbocycles. The number of nitrogens with one attached hydrogen (secondary N) is 1. The number of aliphatic hydroxyl groups excluding tert-OH is 1. The van der Waals surface area contributed by atoms with Crippen LogP contribution in [0.5, 0.6) is 5.75 Å². The van der Waals surface area contributed by atoms with E-state index in [-0.39, 0.29) is 17.3 Å². The number of carbonyl (C=O) groups excluding carboxylic acids is 2. The third-order valence-electron chi connectivity index (χ3n) is 6.23. The molecule has 1 aromatic heterocycles. The highest BCUT2D eigenvalue weighted by molar-refractivity contribution is 6.09. The zero-order valence-corrected chi connectivity index (χ0v) is 24.0. The minimum Gasteiger partial charge on any atom is -0.507 e. The van der Waals surface area contributed by atoms with Gasteiger partial charge in [0.1, 0.15) is 17.1 Å². The summed E-state index contributed by atoms with van der Waals surface area (Å²) in [4.78, 5) is 36.5. The Hall–Kier alpha value is -3.65. The minimum absolute atomic E-state index is 0.209. The highest BCUT2D eigenvalue weighted by atomic mass is 16.5. The van der Waals surface area contributed by atoms with Gasteiger partial charge in [-0.25, -0.2) is 9.59 Å². The molecule has 2 atom stereocenters. The van der Waals surface area contributed by atoms with Crippen LogP contribution >= 0.6 is 0 Å². The van der Waals surface area contributed by atoms with Gasteiger partial charge >= 0.3 is 11.7 Å². The van der Waals surface area contributed by atoms with Crippen molar-refractivity contribution in [3.05, 3.63) is 87.2 Å². The number of ketones is 1. The number of hydrogen-bond donors (Lipinski definition) is 3. The van der Waals surface area contributed by atoms with E-state index in [0.717, 1.165) is 24.0 Å². The van der Waals surface area contributed by atoms with Crippen LogP contribution in [-0.4, -0.2) is 35.3 Å². The molecule has 0 radical (unpaired) electrons. The van der Waals surface area contributed by atoms with Gasteiger partial charge in [-0.15, -0.1) is 0 Å². The van der Waals surface area contributed by atoms with Gasteiger partial charge in [0, 0.05) is 18.2 Å². The molecule has 0 saturated heterocycles. The molecule has 1 amide bonds. The van der Waals surface area contributed by atoms with Gasteiger partial charge in [0.05, 0.1) is 13.2 Å². The first kappa shape index (κ1) is 33.4. The second-order valence-corrected chi connectivity index (χ2v) is 9.52. The number of hydrogen-bond acceptors (Lipinski definition) is 7. The van der Waals surface area contributed by atoms with Gasteiger partial charge in [-0.1, -0.05) is 55.9 Å². The molecule has 1 heterocycles. The summed E-state index contributed by atoms with van der Waals surface area (Å²) >= 11 is 0. The van der Waals surface area contributed by atoms with Crippen molar-refractivity contribution in [1.29, 1.82) is 0 Å². The fourth-order valence-corrected chi connectivity index (χ4v) is 3.58. The first-order valence-electron chi connectivity index (χ1n) is 13.3. The third kappa shape index (κ3) is 12.2. The molecule has 0 aliphatic heterocycles. The summed E-state index contributed by atoms with van der Waals surface area (Å²) in [6, 6.07) is 1.30. The molecule has 0 bridgehead atoms. The average molecular weight is 542 g/mol. The summed E-state index contributed by atoms with van der Waals surface area (Å²) < 4.78 is 9.82. The summed E-state index contributed by atoms with van der Waals surface area (Å²) in [7, 11) is 1.27. The van der Waals surface area contributed by atoms with Crippen LogP contribution in [0.15, 0.2) is 74.7 Å². The second-order valence-electron chi connectivity index (χ2n) is 9.52. The van der Waals surface area contributed by atoms with Crippen molar-refractivity contribution in [2.75, 3.05) is 7.11 Å². The van der Waals surface area contributed by atoms with Crippen LogP contribution in [0.4, 0.5) is 4.79 Å². The van der Waals surface area contributed by atoms with E-state index in [1.54, 1.807) is 25.2 Å². The number of Topliss-reactive ketones (excluding diaryl/α,β-unsaturated/α-hetero) is 1. The van der Waals surface area contributed by atoms with E-state index in [0.29, 0.717) is 25.7 Å². The van der Waals surface area contributed by atoms with Crippen molar-refractivity contribution in [3.63, 3.8) is 0 Å². The van der Waals surface area contributed by atoms with Crippen molar-refractivity contribution < 1.29 is 29.0 Å². The number of rotatable bonds is 15. The van der Waals surface area contributed by atoms with Gasteiger partial charge in [-0.2, -0.15) is 0 Å². The Bertz CT molecular complexity index is 1170. The van der Waals surface area contributed by atoms with Crippen LogP contribution in [-0.2, 0) is 4.74 Å². The van der Waals surface area contributed by atoms with Crippen LogP contribution in [0.2, 0.25) is 0 Å². The zero-order chi connectivity index (χ0) is 29.4. The van der Waals surface area contributed by atoms with Crippen LogP contribution in [0, 0.1) is 0 Å². The smallest absolute Gasteiger partial charge is 0.410 e. The maximum atomic E-state index is 12.9. The number of methoxy groups -OCH3 is 1. The molecule has 0 saturated carbocycles. The predicted octanol–water partition coefficient (Wildman–Crippen LogP) is 6.62. The van der Waals surface area contributed by atoms with Crippen LogP contribution < -0.4 is 10.9 Å². The number of alkyl carbamates (subject to hydrolysis) is 1. The van der Waals surface area contributed by atoms with Gasteiger partial charge < -0.3 is 19.4 Å². The number of aromatic hydroxyl groups is 1. The molecule has 3 N–H and O–H groups in total. The number of allylic oxidation sites excluding steroid dienone is 8. The Labute approximate surface area is 231 Å². The Morgan fingerprint density at radius 1 is 1.13 bits per heavy atom. The topological polar surface area (TPSA) is 126 Å². The molecule has 0 aromatic carbocycles. The van der Waals surface area contributed by atoms with E-state index in [2.05, 4.69) is 29.1 Å². The van der Waals surface area contributed by atoms with E-state index in [9.17, 15) is 24.6 Å². The van der Waals surface area contributed by atoms with E-state index < -0.39 is 34.9 Å². The Kier molecular flexibility index (Phi) is 15.2. The van der Waals surface area contributed by atoms with Crippen LogP contribution in [0.25, 0.3) is 0 Å². The molecular formula is C31H43NO7. The quantitative estimate of drug-likeness (QED) is 0.0986. The number of carbonyl (C=O) groups is 2. The van der Waals surface area contributed by atoms with Gasteiger partial charge in [-0.05, 0) is 70.4 Å².